The third-order valence-corrected chi connectivity index (χ3v) is 3.06. The molecule has 0 aromatic rings. The van der Waals surface area contributed by atoms with Gasteiger partial charge in [0.05, 0.1) is 25.9 Å². The van der Waals surface area contributed by atoms with Crippen molar-refractivity contribution >= 4 is 0 Å². The molecule has 1 aliphatic rings. The number of hydrogen-bond donors (Lipinski definition) is 4. The van der Waals surface area contributed by atoms with Crippen molar-refractivity contribution in [2.45, 2.75) is 30.6 Å². The highest BCUT2D eigenvalue weighted by atomic mass is 16.7. The zero-order valence-electron chi connectivity index (χ0n) is 11.5. The normalized spacial score (nSPS) is 34.1. The summed E-state index contributed by atoms with van der Waals surface area (Å²) in [4.78, 5) is 10.3. The van der Waals surface area contributed by atoms with Crippen molar-refractivity contribution in [2.24, 2.45) is 10.9 Å². The summed E-state index contributed by atoms with van der Waals surface area (Å²) in [7, 11) is 1.61. The summed E-state index contributed by atoms with van der Waals surface area (Å²) in [6.07, 6.45) is -4.00. The van der Waals surface area contributed by atoms with Crippen LogP contribution in [0.4, 0.5) is 0 Å². The molecule has 5 N–H and O–H groups in total. The van der Waals surface area contributed by atoms with Gasteiger partial charge in [-0.2, -0.15) is 4.91 Å². The van der Waals surface area contributed by atoms with Gasteiger partial charge in [-0.3, -0.25) is 0 Å². The maximum atomic E-state index is 10.3. The van der Waals surface area contributed by atoms with Crippen molar-refractivity contribution in [1.29, 1.82) is 0 Å². The van der Waals surface area contributed by atoms with Crippen molar-refractivity contribution in [3.05, 3.63) is 4.91 Å². The highest BCUT2D eigenvalue weighted by Gasteiger charge is 2.44. The van der Waals surface area contributed by atoms with Gasteiger partial charge >= 0.3 is 0 Å². The van der Waals surface area contributed by atoms with E-state index in [4.69, 9.17) is 19.9 Å². The lowest BCUT2D eigenvalue weighted by Gasteiger charge is -2.41. The van der Waals surface area contributed by atoms with Gasteiger partial charge in [0.2, 0.25) is 0 Å². The van der Waals surface area contributed by atoms with Gasteiger partial charge in [-0.1, -0.05) is 5.18 Å². The Bertz CT molecular complexity index is 283. The second-order valence-corrected chi connectivity index (χ2v) is 4.42. The molecule has 0 spiro atoms. The van der Waals surface area contributed by atoms with Crippen LogP contribution >= 0.6 is 0 Å². The molecule has 1 fully saturated rings. The van der Waals surface area contributed by atoms with E-state index in [9.17, 15) is 15.1 Å². The van der Waals surface area contributed by atoms with Crippen LogP contribution in [0.15, 0.2) is 5.18 Å². The predicted octanol–water partition coefficient (Wildman–Crippen LogP) is -2.22. The highest BCUT2D eigenvalue weighted by Crippen LogP contribution is 2.22. The molecule has 0 amide bonds. The van der Waals surface area contributed by atoms with E-state index >= 15 is 0 Å². The Hall–Kier alpha value is -0.680. The van der Waals surface area contributed by atoms with E-state index in [0.29, 0.717) is 19.8 Å². The van der Waals surface area contributed by atoms with Gasteiger partial charge in [-0.25, -0.2) is 0 Å². The Morgan fingerprint density at radius 3 is 2.65 bits per heavy atom. The molecule has 0 radical (unpaired) electrons. The number of rotatable bonds is 9. The molecule has 5 atom stereocenters. The number of ether oxygens (including phenoxy) is 3. The van der Waals surface area contributed by atoms with Crippen LogP contribution in [-0.4, -0.2) is 80.8 Å². The monoisotopic (exact) mass is 293 g/mol. The fourth-order valence-electron chi connectivity index (χ4n) is 2.01. The minimum absolute atomic E-state index is 0.243. The van der Waals surface area contributed by atoms with Crippen LogP contribution in [0.25, 0.3) is 0 Å². The molecule has 0 bridgehead atoms. The third-order valence-electron chi connectivity index (χ3n) is 3.06. The molecule has 0 saturated carbocycles. The Morgan fingerprint density at radius 2 is 2.05 bits per heavy atom. The molecule has 20 heavy (non-hydrogen) atoms. The van der Waals surface area contributed by atoms with E-state index < -0.39 is 30.6 Å². The predicted molar refractivity (Wildman–Crippen MR) is 70.0 cm³/mol. The maximum Gasteiger partial charge on any atom is 0.176 e. The fraction of sp³-hybridized carbons (Fsp3) is 1.00. The van der Waals surface area contributed by atoms with Gasteiger partial charge in [-0.05, 0) is 7.05 Å². The number of aliphatic hydroxyl groups is 2. The molecule has 118 valence electrons. The lowest BCUT2D eigenvalue weighted by atomic mass is 9.97. The first-order valence-corrected chi connectivity index (χ1v) is 6.53. The molecule has 1 heterocycles. The van der Waals surface area contributed by atoms with Crippen molar-refractivity contribution in [1.82, 2.24) is 5.32 Å². The number of nitroso groups, excluding NO2 is 1. The Kier molecular flexibility index (Phi) is 8.07. The molecule has 1 saturated heterocycles. The molecule has 0 aromatic carbocycles. The van der Waals surface area contributed by atoms with Gasteiger partial charge in [0.15, 0.2) is 6.29 Å². The smallest absolute Gasteiger partial charge is 0.176 e. The lowest BCUT2D eigenvalue weighted by molar-refractivity contribution is -0.263. The van der Waals surface area contributed by atoms with Crippen LogP contribution in [0.3, 0.4) is 0 Å². The molecule has 9 nitrogen and oxygen atoms in total. The molecule has 0 aliphatic carbocycles. The van der Waals surface area contributed by atoms with Crippen molar-refractivity contribution in [3.63, 3.8) is 0 Å². The van der Waals surface area contributed by atoms with E-state index in [1.54, 1.807) is 7.05 Å². The van der Waals surface area contributed by atoms with E-state index in [1.807, 2.05) is 0 Å². The first kappa shape index (κ1) is 17.4. The number of likely N-dealkylation sites (N-methyl/N-ethyl adjacent to an activating group) is 1. The van der Waals surface area contributed by atoms with Crippen molar-refractivity contribution in [2.75, 3.05) is 40.0 Å². The number of nitrogens with one attached hydrogen (secondary N) is 1. The molecule has 0 aromatic heterocycles. The number of nitrogens with zero attached hydrogens (tertiary/aromatic N) is 1. The molecular formula is C11H23N3O6. The van der Waals surface area contributed by atoms with Gasteiger partial charge in [0, 0.05) is 6.54 Å². The number of hydrogen-bond acceptors (Lipinski definition) is 9. The first-order chi connectivity index (χ1) is 9.65. The van der Waals surface area contributed by atoms with Crippen LogP contribution < -0.4 is 11.1 Å². The van der Waals surface area contributed by atoms with Gasteiger partial charge in [0.1, 0.15) is 24.9 Å². The summed E-state index contributed by atoms with van der Waals surface area (Å²) in [5.74, 6) is 0. The summed E-state index contributed by atoms with van der Waals surface area (Å²) in [6, 6.07) is -0.609. The van der Waals surface area contributed by atoms with Crippen LogP contribution in [0.1, 0.15) is 0 Å². The molecule has 9 heteroatoms. The first-order valence-electron chi connectivity index (χ1n) is 6.53. The Morgan fingerprint density at radius 1 is 1.30 bits per heavy atom. The third kappa shape index (κ3) is 4.70. The second kappa shape index (κ2) is 9.29. The van der Waals surface area contributed by atoms with E-state index in [2.05, 4.69) is 10.5 Å². The summed E-state index contributed by atoms with van der Waals surface area (Å²) < 4.78 is 16.1. The standard InChI is InChI=1S/C11H23N3O6/c1-13-8-10(16)9(15)7(6-14-17)20-11(8)19-5-4-18-3-2-12/h7-11,13,15-16H,2-6,12H2,1H3. The van der Waals surface area contributed by atoms with E-state index in [0.717, 1.165) is 0 Å². The van der Waals surface area contributed by atoms with Crippen LogP contribution in [-0.2, 0) is 14.2 Å². The largest absolute Gasteiger partial charge is 0.388 e. The summed E-state index contributed by atoms with van der Waals surface area (Å²) in [5, 5.41) is 25.3. The summed E-state index contributed by atoms with van der Waals surface area (Å²) in [5.41, 5.74) is 5.28. The molecule has 1 aliphatic heterocycles. The molecular weight excluding hydrogens is 270 g/mol. The fourth-order valence-corrected chi connectivity index (χ4v) is 2.01. The quantitative estimate of drug-likeness (QED) is 0.277. The van der Waals surface area contributed by atoms with Gasteiger partial charge in [-0.15, -0.1) is 0 Å². The number of aliphatic hydroxyl groups excluding tert-OH is 2. The van der Waals surface area contributed by atoms with E-state index in [-0.39, 0.29) is 13.2 Å². The SMILES string of the molecule is CNC1C(OCCOCCN)OC(CN=O)C(O)C1O. The van der Waals surface area contributed by atoms with Crippen LogP contribution in [0.2, 0.25) is 0 Å². The zero-order valence-corrected chi connectivity index (χ0v) is 11.5. The molecule has 5 unspecified atom stereocenters. The topological polar surface area (TPSA) is 136 Å². The minimum atomic E-state index is -1.20. The van der Waals surface area contributed by atoms with Crippen molar-refractivity contribution in [3.8, 4) is 0 Å². The second-order valence-electron chi connectivity index (χ2n) is 4.42. The Labute approximate surface area is 117 Å². The summed E-state index contributed by atoms with van der Waals surface area (Å²) in [6.45, 7) is 1.19. The van der Waals surface area contributed by atoms with Crippen LogP contribution in [0.5, 0.6) is 0 Å². The molecule has 1 rings (SSSR count). The van der Waals surface area contributed by atoms with E-state index in [1.165, 1.54) is 0 Å². The highest BCUT2D eigenvalue weighted by molar-refractivity contribution is 4.93. The van der Waals surface area contributed by atoms with Gasteiger partial charge < -0.3 is 35.5 Å². The Balaban J connectivity index is 2.49. The zero-order chi connectivity index (χ0) is 15.0. The summed E-state index contributed by atoms with van der Waals surface area (Å²) >= 11 is 0. The van der Waals surface area contributed by atoms with Gasteiger partial charge in [0.25, 0.3) is 0 Å². The minimum Gasteiger partial charge on any atom is -0.388 e. The average Bonchev–Trinajstić information content (AvgIpc) is 2.44. The number of nitrogens with two attached hydrogens (primary N) is 1. The average molecular weight is 293 g/mol. The maximum absolute atomic E-state index is 10.3. The van der Waals surface area contributed by atoms with Crippen LogP contribution in [0, 0.1) is 4.91 Å². The van der Waals surface area contributed by atoms with Crippen molar-refractivity contribution < 1.29 is 24.4 Å². The lowest BCUT2D eigenvalue weighted by Crippen LogP contribution is -2.63.